The maximum Gasteiger partial charge on any atom is 0.270 e. The Morgan fingerprint density at radius 2 is 1.85 bits per heavy atom. The number of nitrogens with one attached hydrogen (secondary N) is 2. The van der Waals surface area contributed by atoms with Gasteiger partial charge in [-0.25, -0.2) is 4.98 Å². The Balaban J connectivity index is 1.63. The van der Waals surface area contributed by atoms with Crippen LogP contribution in [0.3, 0.4) is 0 Å². The predicted octanol–water partition coefficient (Wildman–Crippen LogP) is 3.94. The molecule has 0 unspecified atom stereocenters. The fraction of sp³-hybridized carbons (Fsp3) is 0.190. The summed E-state index contributed by atoms with van der Waals surface area (Å²) in [5, 5.41) is 6.12. The number of carbonyl (C=O) groups is 1. The molecule has 0 aliphatic rings. The SMILES string of the molecule is CC(C)Oc1ccccc1Nc1ccc(C(=O)NCc2ccncc2)nc1. The van der Waals surface area contributed by atoms with Crippen LogP contribution in [0.25, 0.3) is 0 Å². The fourth-order valence-electron chi connectivity index (χ4n) is 2.46. The molecule has 2 N–H and O–H groups in total. The molecule has 2 aromatic heterocycles. The number of benzene rings is 1. The minimum atomic E-state index is -0.220. The second-order valence-electron chi connectivity index (χ2n) is 6.26. The summed E-state index contributed by atoms with van der Waals surface area (Å²) in [6.45, 7) is 4.40. The summed E-state index contributed by atoms with van der Waals surface area (Å²) in [5.41, 5.74) is 2.98. The lowest BCUT2D eigenvalue weighted by Gasteiger charge is -2.15. The van der Waals surface area contributed by atoms with Crippen molar-refractivity contribution in [3.05, 3.63) is 78.4 Å². The highest BCUT2D eigenvalue weighted by Crippen LogP contribution is 2.28. The average Bonchev–Trinajstić information content (AvgIpc) is 2.69. The van der Waals surface area contributed by atoms with Gasteiger partial charge in [0.05, 0.1) is 23.7 Å². The maximum absolute atomic E-state index is 12.2. The van der Waals surface area contributed by atoms with Crippen molar-refractivity contribution in [2.45, 2.75) is 26.5 Å². The Kier molecular flexibility index (Phi) is 5.99. The van der Waals surface area contributed by atoms with Crippen LogP contribution in [0.1, 0.15) is 29.9 Å². The molecule has 3 rings (SSSR count). The Morgan fingerprint density at radius 3 is 2.56 bits per heavy atom. The highest BCUT2D eigenvalue weighted by atomic mass is 16.5. The summed E-state index contributed by atoms with van der Waals surface area (Å²) < 4.78 is 5.80. The molecular formula is C21H22N4O2. The molecule has 0 atom stereocenters. The normalized spacial score (nSPS) is 10.5. The number of rotatable bonds is 7. The van der Waals surface area contributed by atoms with E-state index < -0.39 is 0 Å². The number of aromatic nitrogens is 2. The number of ether oxygens (including phenoxy) is 1. The first-order valence-electron chi connectivity index (χ1n) is 8.77. The molecule has 138 valence electrons. The van der Waals surface area contributed by atoms with Crippen LogP contribution in [0.4, 0.5) is 11.4 Å². The van der Waals surface area contributed by atoms with Crippen LogP contribution >= 0.6 is 0 Å². The number of para-hydroxylation sites is 2. The molecular weight excluding hydrogens is 340 g/mol. The van der Waals surface area contributed by atoms with Gasteiger partial charge in [0.1, 0.15) is 11.4 Å². The van der Waals surface area contributed by atoms with E-state index in [1.165, 1.54) is 0 Å². The molecule has 0 radical (unpaired) electrons. The van der Waals surface area contributed by atoms with E-state index in [1.54, 1.807) is 24.7 Å². The third-order valence-corrected chi connectivity index (χ3v) is 3.73. The monoisotopic (exact) mass is 362 g/mol. The van der Waals surface area contributed by atoms with Crippen molar-refractivity contribution in [3.8, 4) is 5.75 Å². The number of pyridine rings is 2. The quantitative estimate of drug-likeness (QED) is 0.666. The van der Waals surface area contributed by atoms with Gasteiger partial charge in [-0.1, -0.05) is 12.1 Å². The largest absolute Gasteiger partial charge is 0.489 e. The molecule has 1 amide bonds. The van der Waals surface area contributed by atoms with Gasteiger partial charge in [-0.2, -0.15) is 0 Å². The summed E-state index contributed by atoms with van der Waals surface area (Å²) in [5.74, 6) is 0.550. The zero-order valence-electron chi connectivity index (χ0n) is 15.3. The first-order valence-corrected chi connectivity index (χ1v) is 8.77. The highest BCUT2D eigenvalue weighted by Gasteiger charge is 2.09. The second-order valence-corrected chi connectivity index (χ2v) is 6.26. The molecule has 27 heavy (non-hydrogen) atoms. The minimum Gasteiger partial charge on any atom is -0.489 e. The zero-order valence-corrected chi connectivity index (χ0v) is 15.3. The summed E-state index contributed by atoms with van der Waals surface area (Å²) in [7, 11) is 0. The third-order valence-electron chi connectivity index (χ3n) is 3.73. The average molecular weight is 362 g/mol. The molecule has 6 heteroatoms. The van der Waals surface area contributed by atoms with Crippen LogP contribution in [0.2, 0.25) is 0 Å². The summed E-state index contributed by atoms with van der Waals surface area (Å²) in [4.78, 5) is 20.4. The zero-order chi connectivity index (χ0) is 19.1. The van der Waals surface area contributed by atoms with Crippen LogP contribution in [-0.2, 0) is 6.54 Å². The maximum atomic E-state index is 12.2. The van der Waals surface area contributed by atoms with Crippen LogP contribution in [0.15, 0.2) is 67.1 Å². The van der Waals surface area contributed by atoms with Gasteiger partial charge < -0.3 is 15.4 Å². The summed E-state index contributed by atoms with van der Waals surface area (Å²) in [6.07, 6.45) is 5.10. The van der Waals surface area contributed by atoms with Gasteiger partial charge in [0.2, 0.25) is 0 Å². The van der Waals surface area contributed by atoms with Crippen molar-refractivity contribution >= 4 is 17.3 Å². The molecule has 0 fully saturated rings. The molecule has 3 aromatic rings. The van der Waals surface area contributed by atoms with Gasteiger partial charge in [-0.15, -0.1) is 0 Å². The predicted molar refractivity (Wildman–Crippen MR) is 105 cm³/mol. The van der Waals surface area contributed by atoms with E-state index in [1.807, 2.05) is 56.3 Å². The van der Waals surface area contributed by atoms with E-state index in [0.29, 0.717) is 12.2 Å². The van der Waals surface area contributed by atoms with Crippen molar-refractivity contribution in [1.82, 2.24) is 15.3 Å². The molecule has 0 saturated heterocycles. The van der Waals surface area contributed by atoms with Crippen LogP contribution in [0.5, 0.6) is 5.75 Å². The van der Waals surface area contributed by atoms with E-state index in [9.17, 15) is 4.79 Å². The van der Waals surface area contributed by atoms with E-state index in [0.717, 1.165) is 22.7 Å². The summed E-state index contributed by atoms with van der Waals surface area (Å²) >= 11 is 0. The fourth-order valence-corrected chi connectivity index (χ4v) is 2.46. The minimum absolute atomic E-state index is 0.0811. The lowest BCUT2D eigenvalue weighted by molar-refractivity contribution is 0.0946. The number of nitrogens with zero attached hydrogens (tertiary/aromatic N) is 2. The van der Waals surface area contributed by atoms with E-state index in [-0.39, 0.29) is 12.0 Å². The smallest absolute Gasteiger partial charge is 0.270 e. The topological polar surface area (TPSA) is 76.1 Å². The first-order chi connectivity index (χ1) is 13.1. The van der Waals surface area contributed by atoms with Gasteiger partial charge in [0, 0.05) is 18.9 Å². The van der Waals surface area contributed by atoms with Crippen LogP contribution < -0.4 is 15.4 Å². The van der Waals surface area contributed by atoms with Gasteiger partial charge in [-0.3, -0.25) is 9.78 Å². The second kappa shape index (κ2) is 8.80. The highest BCUT2D eigenvalue weighted by molar-refractivity contribution is 5.92. The molecule has 1 aromatic carbocycles. The molecule has 0 bridgehead atoms. The van der Waals surface area contributed by atoms with Gasteiger partial charge in [0.25, 0.3) is 5.91 Å². The summed E-state index contributed by atoms with van der Waals surface area (Å²) in [6, 6.07) is 14.9. The van der Waals surface area contributed by atoms with Crippen LogP contribution in [-0.4, -0.2) is 22.0 Å². The number of carbonyl (C=O) groups excluding carboxylic acids is 1. The Hall–Kier alpha value is -3.41. The van der Waals surface area contributed by atoms with Crippen molar-refractivity contribution in [1.29, 1.82) is 0 Å². The third kappa shape index (κ3) is 5.28. The van der Waals surface area contributed by atoms with E-state index in [2.05, 4.69) is 20.6 Å². The molecule has 6 nitrogen and oxygen atoms in total. The van der Waals surface area contributed by atoms with Crippen molar-refractivity contribution in [2.24, 2.45) is 0 Å². The Morgan fingerprint density at radius 1 is 1.07 bits per heavy atom. The van der Waals surface area contributed by atoms with Gasteiger partial charge in [0.15, 0.2) is 0 Å². The standard InChI is InChI=1S/C21H22N4O2/c1-15(2)27-20-6-4-3-5-18(20)25-17-7-8-19(23-14-17)21(26)24-13-16-9-11-22-12-10-16/h3-12,14-15,25H,13H2,1-2H3,(H,24,26). The molecule has 0 aliphatic heterocycles. The Bertz CT molecular complexity index is 880. The van der Waals surface area contributed by atoms with Gasteiger partial charge in [-0.05, 0) is 55.8 Å². The molecule has 0 saturated carbocycles. The van der Waals surface area contributed by atoms with E-state index >= 15 is 0 Å². The number of anilines is 2. The number of hydrogen-bond donors (Lipinski definition) is 2. The number of amides is 1. The molecule has 0 spiro atoms. The van der Waals surface area contributed by atoms with Crippen molar-refractivity contribution in [2.75, 3.05) is 5.32 Å². The van der Waals surface area contributed by atoms with Gasteiger partial charge >= 0.3 is 0 Å². The first kappa shape index (κ1) is 18.4. The van der Waals surface area contributed by atoms with Crippen LogP contribution in [0, 0.1) is 0 Å². The lowest BCUT2D eigenvalue weighted by Crippen LogP contribution is -2.23. The Labute approximate surface area is 158 Å². The van der Waals surface area contributed by atoms with E-state index in [4.69, 9.17) is 4.74 Å². The van der Waals surface area contributed by atoms with Crippen molar-refractivity contribution in [3.63, 3.8) is 0 Å². The van der Waals surface area contributed by atoms with Crippen molar-refractivity contribution < 1.29 is 9.53 Å². The molecule has 0 aliphatic carbocycles. The lowest BCUT2D eigenvalue weighted by atomic mass is 10.2. The molecule has 2 heterocycles. The number of hydrogen-bond acceptors (Lipinski definition) is 5.